The van der Waals surface area contributed by atoms with E-state index in [4.69, 9.17) is 11.5 Å². The monoisotopic (exact) mass is 196 g/mol. The third kappa shape index (κ3) is 1.95. The summed E-state index contributed by atoms with van der Waals surface area (Å²) in [6.07, 6.45) is 2.79. The zero-order valence-electron chi connectivity index (χ0n) is 9.25. The van der Waals surface area contributed by atoms with E-state index >= 15 is 0 Å². The van der Waals surface area contributed by atoms with Crippen molar-refractivity contribution in [1.29, 1.82) is 0 Å². The predicted octanol–water partition coefficient (Wildman–Crippen LogP) is 1.26. The predicted molar refractivity (Wildman–Crippen MR) is 60.3 cm³/mol. The normalized spacial score (nSPS) is 32.4. The first-order chi connectivity index (χ1) is 6.50. The smallest absolute Gasteiger partial charge is 0.193 e. The lowest BCUT2D eigenvalue weighted by molar-refractivity contribution is 0.510. The fourth-order valence-corrected chi connectivity index (χ4v) is 1.68. The zero-order chi connectivity index (χ0) is 10.8. The Morgan fingerprint density at radius 3 is 2.57 bits per heavy atom. The number of nitrogens with zero attached hydrogens (tertiary/aromatic N) is 2. The molecule has 0 saturated carbocycles. The minimum Gasteiger partial charge on any atom is -0.387 e. The highest BCUT2D eigenvalue weighted by Gasteiger charge is 2.34. The van der Waals surface area contributed by atoms with Crippen molar-refractivity contribution in [3.05, 3.63) is 0 Å². The molecule has 1 aliphatic heterocycles. The van der Waals surface area contributed by atoms with Crippen molar-refractivity contribution in [3.8, 4) is 0 Å². The van der Waals surface area contributed by atoms with E-state index in [1.165, 1.54) is 0 Å². The van der Waals surface area contributed by atoms with Crippen LogP contribution in [0.25, 0.3) is 0 Å². The number of amidine groups is 1. The van der Waals surface area contributed by atoms with Crippen LogP contribution in [0.15, 0.2) is 9.98 Å². The van der Waals surface area contributed by atoms with Crippen molar-refractivity contribution in [2.45, 2.75) is 46.3 Å². The van der Waals surface area contributed by atoms with Gasteiger partial charge in [0.05, 0.1) is 5.41 Å². The van der Waals surface area contributed by atoms with Crippen molar-refractivity contribution in [2.24, 2.45) is 26.9 Å². The highest BCUT2D eigenvalue weighted by atomic mass is 15.2. The number of unbranched alkanes of at least 4 members (excludes halogenated alkanes) is 1. The average Bonchev–Trinajstić information content (AvgIpc) is 2.11. The summed E-state index contributed by atoms with van der Waals surface area (Å²) in [6, 6.07) is 0. The summed E-state index contributed by atoms with van der Waals surface area (Å²) in [5, 5.41) is 0. The Labute approximate surface area is 85.5 Å². The van der Waals surface area contributed by atoms with E-state index in [2.05, 4.69) is 23.8 Å². The van der Waals surface area contributed by atoms with E-state index in [-0.39, 0.29) is 5.41 Å². The molecule has 4 nitrogen and oxygen atoms in total. The van der Waals surface area contributed by atoms with Crippen LogP contribution in [0.3, 0.4) is 0 Å². The van der Waals surface area contributed by atoms with Gasteiger partial charge in [-0.15, -0.1) is 0 Å². The molecule has 1 rings (SSSR count). The average molecular weight is 196 g/mol. The summed E-state index contributed by atoms with van der Waals surface area (Å²) in [5.74, 6) is 0.631. The van der Waals surface area contributed by atoms with Crippen LogP contribution in [0.4, 0.5) is 0 Å². The third-order valence-corrected chi connectivity index (χ3v) is 2.99. The molecular weight excluding hydrogens is 176 g/mol. The van der Waals surface area contributed by atoms with Gasteiger partial charge in [-0.3, -0.25) is 10.7 Å². The van der Waals surface area contributed by atoms with Crippen molar-refractivity contribution in [3.63, 3.8) is 0 Å². The third-order valence-electron chi connectivity index (χ3n) is 2.99. The SMILES string of the molecule is CCCCC1(C)C(C)=NC(N)N=C1N. The number of hydrogen-bond donors (Lipinski definition) is 2. The topological polar surface area (TPSA) is 76.8 Å². The molecule has 4 N–H and O–H groups in total. The van der Waals surface area contributed by atoms with Crippen LogP contribution in [0.1, 0.15) is 40.0 Å². The van der Waals surface area contributed by atoms with Gasteiger partial charge in [-0.2, -0.15) is 0 Å². The minimum atomic E-state index is -0.496. The largest absolute Gasteiger partial charge is 0.387 e. The Morgan fingerprint density at radius 1 is 1.43 bits per heavy atom. The highest BCUT2D eigenvalue weighted by molar-refractivity contribution is 6.10. The van der Waals surface area contributed by atoms with Gasteiger partial charge in [0.1, 0.15) is 5.84 Å². The van der Waals surface area contributed by atoms with Gasteiger partial charge >= 0.3 is 0 Å². The van der Waals surface area contributed by atoms with E-state index in [0.29, 0.717) is 5.84 Å². The maximum atomic E-state index is 5.92. The molecule has 0 spiro atoms. The van der Waals surface area contributed by atoms with E-state index < -0.39 is 6.29 Å². The summed E-state index contributed by atoms with van der Waals surface area (Å²) in [4.78, 5) is 8.39. The minimum absolute atomic E-state index is 0.175. The molecule has 1 heterocycles. The second-order valence-electron chi connectivity index (χ2n) is 4.08. The number of nitrogens with two attached hydrogens (primary N) is 2. The number of aliphatic imine (C=N–C) groups is 2. The molecule has 0 aromatic rings. The molecule has 4 heteroatoms. The molecule has 80 valence electrons. The molecule has 0 radical (unpaired) electrons. The summed E-state index contributed by atoms with van der Waals surface area (Å²) >= 11 is 0. The molecule has 0 aromatic carbocycles. The summed E-state index contributed by atoms with van der Waals surface area (Å²) < 4.78 is 0. The molecule has 14 heavy (non-hydrogen) atoms. The quantitative estimate of drug-likeness (QED) is 0.712. The van der Waals surface area contributed by atoms with Crippen LogP contribution in [0, 0.1) is 5.41 Å². The van der Waals surface area contributed by atoms with Gasteiger partial charge in [-0.05, 0) is 20.3 Å². The summed E-state index contributed by atoms with van der Waals surface area (Å²) in [5.41, 5.74) is 12.4. The maximum Gasteiger partial charge on any atom is 0.193 e. The standard InChI is InChI=1S/C10H20N4/c1-4-5-6-10(3)7(2)13-9(12)14-8(10)11/h9H,4-6,12H2,1-3H3,(H2,11,14). The first-order valence-electron chi connectivity index (χ1n) is 5.15. The second-order valence-corrected chi connectivity index (χ2v) is 4.08. The molecule has 1 aliphatic rings. The van der Waals surface area contributed by atoms with Gasteiger partial charge in [0, 0.05) is 5.71 Å². The van der Waals surface area contributed by atoms with Crippen LogP contribution in [-0.4, -0.2) is 17.8 Å². The molecule has 2 atom stereocenters. The van der Waals surface area contributed by atoms with Gasteiger partial charge in [0.25, 0.3) is 0 Å². The second kappa shape index (κ2) is 4.09. The first kappa shape index (κ1) is 11.2. The molecule has 0 saturated heterocycles. The Bertz CT molecular complexity index is 247. The van der Waals surface area contributed by atoms with Gasteiger partial charge in [0.15, 0.2) is 6.29 Å². The Balaban J connectivity index is 2.85. The highest BCUT2D eigenvalue weighted by Crippen LogP contribution is 2.29. The van der Waals surface area contributed by atoms with E-state index in [1.54, 1.807) is 0 Å². The molecule has 0 aromatic heterocycles. The van der Waals surface area contributed by atoms with E-state index in [0.717, 1.165) is 25.0 Å². The summed E-state index contributed by atoms with van der Waals surface area (Å²) in [6.45, 7) is 6.24. The molecule has 0 amide bonds. The molecule has 0 bridgehead atoms. The lowest BCUT2D eigenvalue weighted by atomic mass is 9.79. The lowest BCUT2D eigenvalue weighted by Crippen LogP contribution is -2.45. The van der Waals surface area contributed by atoms with Crippen molar-refractivity contribution in [2.75, 3.05) is 0 Å². The maximum absolute atomic E-state index is 5.92. The molecule has 0 aliphatic carbocycles. The van der Waals surface area contributed by atoms with Crippen LogP contribution in [-0.2, 0) is 0 Å². The van der Waals surface area contributed by atoms with Gasteiger partial charge in [-0.1, -0.05) is 19.8 Å². The van der Waals surface area contributed by atoms with Crippen molar-refractivity contribution < 1.29 is 0 Å². The van der Waals surface area contributed by atoms with Gasteiger partial charge in [-0.25, -0.2) is 4.99 Å². The van der Waals surface area contributed by atoms with E-state index in [1.807, 2.05) is 6.92 Å². The Morgan fingerprint density at radius 2 is 2.07 bits per heavy atom. The van der Waals surface area contributed by atoms with Crippen LogP contribution >= 0.6 is 0 Å². The van der Waals surface area contributed by atoms with Crippen molar-refractivity contribution >= 4 is 11.5 Å². The first-order valence-corrected chi connectivity index (χ1v) is 5.15. The van der Waals surface area contributed by atoms with Gasteiger partial charge in [0.2, 0.25) is 0 Å². The summed E-state index contributed by atoms with van der Waals surface area (Å²) in [7, 11) is 0. The molecule has 2 unspecified atom stereocenters. The Kier molecular flexibility index (Phi) is 3.26. The van der Waals surface area contributed by atoms with Crippen LogP contribution in [0.2, 0.25) is 0 Å². The van der Waals surface area contributed by atoms with Crippen molar-refractivity contribution in [1.82, 2.24) is 0 Å². The number of rotatable bonds is 3. The number of hydrogen-bond acceptors (Lipinski definition) is 4. The van der Waals surface area contributed by atoms with E-state index in [9.17, 15) is 0 Å². The zero-order valence-corrected chi connectivity index (χ0v) is 9.25. The van der Waals surface area contributed by atoms with Crippen LogP contribution < -0.4 is 11.5 Å². The molecule has 0 fully saturated rings. The Hall–Kier alpha value is -0.900. The lowest BCUT2D eigenvalue weighted by Gasteiger charge is -2.32. The van der Waals surface area contributed by atoms with Crippen LogP contribution in [0.5, 0.6) is 0 Å². The van der Waals surface area contributed by atoms with Gasteiger partial charge < -0.3 is 5.73 Å². The fraction of sp³-hybridized carbons (Fsp3) is 0.800. The molecular formula is C10H20N4. The fourth-order valence-electron chi connectivity index (χ4n) is 1.68.